The van der Waals surface area contributed by atoms with Crippen molar-refractivity contribution in [1.29, 1.82) is 0 Å². The predicted octanol–water partition coefficient (Wildman–Crippen LogP) is 4.10. The molecular formula is C13H24. The first-order chi connectivity index (χ1) is 6.18. The van der Waals surface area contributed by atoms with Crippen molar-refractivity contribution in [2.45, 2.75) is 52.9 Å². The maximum absolute atomic E-state index is 2.49. The summed E-state index contributed by atoms with van der Waals surface area (Å²) in [4.78, 5) is 0. The first kappa shape index (κ1) is 9.55. The highest BCUT2D eigenvalue weighted by Gasteiger charge is 2.39. The second-order valence-corrected chi connectivity index (χ2v) is 5.81. The first-order valence-electron chi connectivity index (χ1n) is 6.18. The highest BCUT2D eigenvalue weighted by molar-refractivity contribution is 4.89. The summed E-state index contributed by atoms with van der Waals surface area (Å²) in [5, 5.41) is 0. The largest absolute Gasteiger partial charge is 0.0625 e. The van der Waals surface area contributed by atoms with E-state index in [-0.39, 0.29) is 0 Å². The lowest BCUT2D eigenvalue weighted by Gasteiger charge is -2.34. The molecule has 13 heavy (non-hydrogen) atoms. The van der Waals surface area contributed by atoms with Crippen molar-refractivity contribution in [1.82, 2.24) is 0 Å². The lowest BCUT2D eigenvalue weighted by atomic mass is 9.72. The summed E-state index contributed by atoms with van der Waals surface area (Å²) in [6.45, 7) is 7.30. The Morgan fingerprint density at radius 2 is 1.77 bits per heavy atom. The van der Waals surface area contributed by atoms with E-state index in [4.69, 9.17) is 0 Å². The molecule has 0 aromatic heterocycles. The fourth-order valence-corrected chi connectivity index (χ4v) is 3.40. The molecule has 0 bridgehead atoms. The zero-order chi connectivity index (χ0) is 9.42. The van der Waals surface area contributed by atoms with Crippen molar-refractivity contribution in [3.05, 3.63) is 0 Å². The topological polar surface area (TPSA) is 0 Å². The van der Waals surface area contributed by atoms with Gasteiger partial charge in [-0.2, -0.15) is 0 Å². The second-order valence-electron chi connectivity index (χ2n) is 5.81. The van der Waals surface area contributed by atoms with Crippen LogP contribution in [0, 0.1) is 29.6 Å². The minimum absolute atomic E-state index is 0.924. The van der Waals surface area contributed by atoms with Crippen molar-refractivity contribution >= 4 is 0 Å². The van der Waals surface area contributed by atoms with Gasteiger partial charge in [0, 0.05) is 0 Å². The monoisotopic (exact) mass is 180 g/mol. The molecule has 0 saturated heterocycles. The van der Waals surface area contributed by atoms with Crippen LogP contribution in [0.25, 0.3) is 0 Å². The lowest BCUT2D eigenvalue weighted by Crippen LogP contribution is -2.23. The minimum atomic E-state index is 0.924. The average Bonchev–Trinajstić information content (AvgIpc) is 2.29. The van der Waals surface area contributed by atoms with Crippen LogP contribution in [0.4, 0.5) is 0 Å². The SMILES string of the molecule is CC(C)C1CC(C2CCC2)[C@H](C)C1. The van der Waals surface area contributed by atoms with Crippen LogP contribution in [-0.4, -0.2) is 0 Å². The second kappa shape index (κ2) is 3.63. The summed E-state index contributed by atoms with van der Waals surface area (Å²) in [6.07, 6.45) is 7.65. The standard InChI is InChI=1S/C13H24/c1-9(2)12-7-10(3)13(8-12)11-5-4-6-11/h9-13H,4-8H2,1-3H3/t10-,12?,13?/m1/s1. The summed E-state index contributed by atoms with van der Waals surface area (Å²) >= 11 is 0. The average molecular weight is 180 g/mol. The minimum Gasteiger partial charge on any atom is -0.0625 e. The molecule has 3 atom stereocenters. The lowest BCUT2D eigenvalue weighted by molar-refractivity contribution is 0.170. The Kier molecular flexibility index (Phi) is 2.67. The fourth-order valence-electron chi connectivity index (χ4n) is 3.40. The molecule has 0 spiro atoms. The van der Waals surface area contributed by atoms with E-state index in [2.05, 4.69) is 20.8 Å². The maximum Gasteiger partial charge on any atom is -0.0357 e. The number of hydrogen-bond acceptors (Lipinski definition) is 0. The number of hydrogen-bond donors (Lipinski definition) is 0. The van der Waals surface area contributed by atoms with E-state index in [1.165, 1.54) is 12.8 Å². The van der Waals surface area contributed by atoms with Crippen LogP contribution in [0.3, 0.4) is 0 Å². The summed E-state index contributed by atoms with van der Waals surface area (Å²) in [5.41, 5.74) is 0. The highest BCUT2D eigenvalue weighted by atomic mass is 14.4. The van der Waals surface area contributed by atoms with Gasteiger partial charge in [-0.3, -0.25) is 0 Å². The molecule has 0 heterocycles. The van der Waals surface area contributed by atoms with Crippen LogP contribution in [0.2, 0.25) is 0 Å². The molecule has 2 aliphatic rings. The molecule has 0 aliphatic heterocycles. The van der Waals surface area contributed by atoms with E-state index >= 15 is 0 Å². The summed E-state index contributed by atoms with van der Waals surface area (Å²) in [7, 11) is 0. The van der Waals surface area contributed by atoms with E-state index in [0.29, 0.717) is 0 Å². The van der Waals surface area contributed by atoms with E-state index in [1.54, 1.807) is 19.3 Å². The van der Waals surface area contributed by atoms with Gasteiger partial charge in [0.15, 0.2) is 0 Å². The Bertz CT molecular complexity index is 167. The van der Waals surface area contributed by atoms with Crippen LogP contribution < -0.4 is 0 Å². The van der Waals surface area contributed by atoms with Crippen molar-refractivity contribution in [2.75, 3.05) is 0 Å². The van der Waals surface area contributed by atoms with E-state index in [0.717, 1.165) is 29.6 Å². The Balaban J connectivity index is 1.91. The predicted molar refractivity (Wildman–Crippen MR) is 57.6 cm³/mol. The maximum atomic E-state index is 2.49. The van der Waals surface area contributed by atoms with E-state index in [1.807, 2.05) is 0 Å². The zero-order valence-corrected chi connectivity index (χ0v) is 9.42. The Morgan fingerprint density at radius 3 is 2.15 bits per heavy atom. The molecule has 0 nitrogen and oxygen atoms in total. The fraction of sp³-hybridized carbons (Fsp3) is 1.00. The molecule has 0 radical (unpaired) electrons. The van der Waals surface area contributed by atoms with Gasteiger partial charge in [0.1, 0.15) is 0 Å². The summed E-state index contributed by atoms with van der Waals surface area (Å²) in [5.74, 6) is 5.21. The Morgan fingerprint density at radius 1 is 1.08 bits per heavy atom. The van der Waals surface area contributed by atoms with Crippen molar-refractivity contribution < 1.29 is 0 Å². The molecule has 0 heteroatoms. The van der Waals surface area contributed by atoms with E-state index in [9.17, 15) is 0 Å². The van der Waals surface area contributed by atoms with Gasteiger partial charge in [0.2, 0.25) is 0 Å². The van der Waals surface area contributed by atoms with Gasteiger partial charge < -0.3 is 0 Å². The Hall–Kier alpha value is 0. The van der Waals surface area contributed by atoms with Gasteiger partial charge in [-0.25, -0.2) is 0 Å². The van der Waals surface area contributed by atoms with Crippen molar-refractivity contribution in [3.8, 4) is 0 Å². The molecule has 76 valence electrons. The zero-order valence-electron chi connectivity index (χ0n) is 9.42. The van der Waals surface area contributed by atoms with Crippen molar-refractivity contribution in [3.63, 3.8) is 0 Å². The van der Waals surface area contributed by atoms with Gasteiger partial charge in [-0.1, -0.05) is 40.0 Å². The van der Waals surface area contributed by atoms with Gasteiger partial charge in [-0.15, -0.1) is 0 Å². The van der Waals surface area contributed by atoms with Crippen LogP contribution in [-0.2, 0) is 0 Å². The third-order valence-corrected chi connectivity index (χ3v) is 4.68. The van der Waals surface area contributed by atoms with Crippen molar-refractivity contribution in [2.24, 2.45) is 29.6 Å². The molecule has 2 rings (SSSR count). The van der Waals surface area contributed by atoms with E-state index < -0.39 is 0 Å². The molecular weight excluding hydrogens is 156 g/mol. The molecule has 0 amide bonds. The molecule has 2 aliphatic carbocycles. The van der Waals surface area contributed by atoms with Gasteiger partial charge in [0.25, 0.3) is 0 Å². The smallest absolute Gasteiger partial charge is 0.0357 e. The van der Waals surface area contributed by atoms with Crippen LogP contribution in [0.5, 0.6) is 0 Å². The first-order valence-corrected chi connectivity index (χ1v) is 6.18. The summed E-state index contributed by atoms with van der Waals surface area (Å²) < 4.78 is 0. The molecule has 2 unspecified atom stereocenters. The van der Waals surface area contributed by atoms with Crippen LogP contribution in [0.15, 0.2) is 0 Å². The molecule has 0 aromatic carbocycles. The van der Waals surface area contributed by atoms with Crippen LogP contribution in [0.1, 0.15) is 52.9 Å². The molecule has 2 saturated carbocycles. The quantitative estimate of drug-likeness (QED) is 0.600. The molecule has 0 aromatic rings. The summed E-state index contributed by atoms with van der Waals surface area (Å²) in [6, 6.07) is 0. The molecule has 2 fully saturated rings. The number of rotatable bonds is 2. The van der Waals surface area contributed by atoms with Crippen LogP contribution >= 0.6 is 0 Å². The Labute approximate surface area is 83.1 Å². The highest BCUT2D eigenvalue weighted by Crippen LogP contribution is 2.49. The molecule has 0 N–H and O–H groups in total. The van der Waals surface area contributed by atoms with Gasteiger partial charge in [0.05, 0.1) is 0 Å². The third-order valence-electron chi connectivity index (χ3n) is 4.68. The van der Waals surface area contributed by atoms with Gasteiger partial charge in [-0.05, 0) is 42.4 Å². The van der Waals surface area contributed by atoms with Gasteiger partial charge >= 0.3 is 0 Å². The normalized spacial score (nSPS) is 41.1. The third kappa shape index (κ3) is 1.78.